The lowest BCUT2D eigenvalue weighted by atomic mass is 9.96. The van der Waals surface area contributed by atoms with Crippen LogP contribution in [0.25, 0.3) is 0 Å². The van der Waals surface area contributed by atoms with Crippen LogP contribution in [-0.2, 0) is 13.0 Å². The molecule has 0 spiro atoms. The fourth-order valence-electron chi connectivity index (χ4n) is 2.19. The summed E-state index contributed by atoms with van der Waals surface area (Å²) in [6, 6.07) is 10.8. The SMILES string of the molecule is CCc1cnc(CNC(c2ccccc2)C(C)C)o1. The van der Waals surface area contributed by atoms with E-state index in [1.165, 1.54) is 5.56 Å². The van der Waals surface area contributed by atoms with Crippen LogP contribution >= 0.6 is 0 Å². The third-order valence-electron chi connectivity index (χ3n) is 3.25. The maximum absolute atomic E-state index is 5.63. The van der Waals surface area contributed by atoms with Gasteiger partial charge in [0.25, 0.3) is 0 Å². The molecule has 0 radical (unpaired) electrons. The lowest BCUT2D eigenvalue weighted by Gasteiger charge is -2.22. The highest BCUT2D eigenvalue weighted by molar-refractivity contribution is 5.19. The molecule has 1 atom stereocenters. The van der Waals surface area contributed by atoms with Gasteiger partial charge in [-0.1, -0.05) is 51.1 Å². The molecule has 1 N–H and O–H groups in total. The van der Waals surface area contributed by atoms with E-state index in [-0.39, 0.29) is 0 Å². The Labute approximate surface area is 115 Å². The molecule has 19 heavy (non-hydrogen) atoms. The number of oxazole rings is 1. The Morgan fingerprint density at radius 3 is 2.53 bits per heavy atom. The quantitative estimate of drug-likeness (QED) is 0.858. The first-order valence-electron chi connectivity index (χ1n) is 6.92. The topological polar surface area (TPSA) is 38.1 Å². The molecule has 1 heterocycles. The van der Waals surface area contributed by atoms with Gasteiger partial charge in [0.05, 0.1) is 12.7 Å². The van der Waals surface area contributed by atoms with E-state index in [0.29, 0.717) is 18.5 Å². The predicted molar refractivity (Wildman–Crippen MR) is 76.7 cm³/mol. The van der Waals surface area contributed by atoms with Crippen molar-refractivity contribution in [2.75, 3.05) is 0 Å². The number of aryl methyl sites for hydroxylation is 1. The van der Waals surface area contributed by atoms with Gasteiger partial charge in [0.2, 0.25) is 5.89 Å². The van der Waals surface area contributed by atoms with E-state index >= 15 is 0 Å². The third kappa shape index (κ3) is 3.67. The highest BCUT2D eigenvalue weighted by atomic mass is 16.4. The Bertz CT molecular complexity index is 490. The molecular weight excluding hydrogens is 236 g/mol. The first-order chi connectivity index (χ1) is 9.20. The number of nitrogens with zero attached hydrogens (tertiary/aromatic N) is 1. The zero-order valence-electron chi connectivity index (χ0n) is 11.9. The van der Waals surface area contributed by atoms with Gasteiger partial charge in [0.1, 0.15) is 5.76 Å². The summed E-state index contributed by atoms with van der Waals surface area (Å²) < 4.78 is 5.63. The van der Waals surface area contributed by atoms with E-state index in [1.807, 2.05) is 12.3 Å². The van der Waals surface area contributed by atoms with Crippen molar-refractivity contribution in [1.82, 2.24) is 10.3 Å². The van der Waals surface area contributed by atoms with Gasteiger partial charge in [0, 0.05) is 12.5 Å². The summed E-state index contributed by atoms with van der Waals surface area (Å²) in [5.41, 5.74) is 1.31. The fourth-order valence-corrected chi connectivity index (χ4v) is 2.19. The van der Waals surface area contributed by atoms with Crippen molar-refractivity contribution in [3.05, 3.63) is 53.7 Å². The maximum atomic E-state index is 5.63. The van der Waals surface area contributed by atoms with Gasteiger partial charge in [0.15, 0.2) is 0 Å². The van der Waals surface area contributed by atoms with Crippen molar-refractivity contribution in [1.29, 1.82) is 0 Å². The summed E-state index contributed by atoms with van der Waals surface area (Å²) >= 11 is 0. The van der Waals surface area contributed by atoms with Crippen molar-refractivity contribution in [3.8, 4) is 0 Å². The van der Waals surface area contributed by atoms with E-state index < -0.39 is 0 Å². The van der Waals surface area contributed by atoms with E-state index in [2.05, 4.69) is 55.3 Å². The molecule has 0 bridgehead atoms. The van der Waals surface area contributed by atoms with Gasteiger partial charge in [-0.2, -0.15) is 0 Å². The summed E-state index contributed by atoms with van der Waals surface area (Å²) in [5, 5.41) is 3.53. The molecule has 1 unspecified atom stereocenters. The second-order valence-corrected chi connectivity index (χ2v) is 5.09. The molecule has 2 aromatic rings. The van der Waals surface area contributed by atoms with E-state index in [0.717, 1.165) is 18.1 Å². The van der Waals surface area contributed by atoms with Crippen molar-refractivity contribution in [2.45, 2.75) is 39.8 Å². The molecule has 0 saturated heterocycles. The van der Waals surface area contributed by atoms with Gasteiger partial charge in [-0.3, -0.25) is 0 Å². The molecule has 0 aliphatic heterocycles. The third-order valence-corrected chi connectivity index (χ3v) is 3.25. The average molecular weight is 258 g/mol. The Morgan fingerprint density at radius 2 is 1.95 bits per heavy atom. The number of hydrogen-bond donors (Lipinski definition) is 1. The first kappa shape index (κ1) is 13.8. The van der Waals surface area contributed by atoms with Gasteiger partial charge in [-0.15, -0.1) is 0 Å². The maximum Gasteiger partial charge on any atom is 0.208 e. The molecule has 0 amide bonds. The predicted octanol–water partition coefficient (Wildman–Crippen LogP) is 3.72. The zero-order chi connectivity index (χ0) is 13.7. The molecule has 0 aliphatic carbocycles. The molecule has 2 rings (SSSR count). The standard InChI is InChI=1S/C16H22N2O/c1-4-14-10-17-15(19-14)11-18-16(12(2)3)13-8-6-5-7-9-13/h5-10,12,16,18H,4,11H2,1-3H3. The molecule has 102 valence electrons. The van der Waals surface area contributed by atoms with Crippen molar-refractivity contribution >= 4 is 0 Å². The molecule has 0 saturated carbocycles. The zero-order valence-corrected chi connectivity index (χ0v) is 11.9. The van der Waals surface area contributed by atoms with Crippen LogP contribution in [0.1, 0.15) is 44.0 Å². The normalized spacial score (nSPS) is 12.8. The number of rotatable bonds is 6. The molecule has 1 aromatic heterocycles. The van der Waals surface area contributed by atoms with Crippen LogP contribution < -0.4 is 5.32 Å². The van der Waals surface area contributed by atoms with Crippen molar-refractivity contribution < 1.29 is 4.42 Å². The number of hydrogen-bond acceptors (Lipinski definition) is 3. The van der Waals surface area contributed by atoms with Gasteiger partial charge in [-0.25, -0.2) is 4.98 Å². The summed E-state index contributed by atoms with van der Waals surface area (Å²) in [6.45, 7) is 7.17. The minimum atomic E-state index is 0.318. The lowest BCUT2D eigenvalue weighted by Crippen LogP contribution is -2.25. The second-order valence-electron chi connectivity index (χ2n) is 5.09. The smallest absolute Gasteiger partial charge is 0.208 e. The molecule has 0 aliphatic rings. The second kappa shape index (κ2) is 6.53. The number of benzene rings is 1. The minimum absolute atomic E-state index is 0.318. The molecule has 3 heteroatoms. The monoisotopic (exact) mass is 258 g/mol. The van der Waals surface area contributed by atoms with Crippen LogP contribution in [0.3, 0.4) is 0 Å². The largest absolute Gasteiger partial charge is 0.444 e. The Hall–Kier alpha value is -1.61. The van der Waals surface area contributed by atoms with E-state index in [1.54, 1.807) is 0 Å². The summed E-state index contributed by atoms with van der Waals surface area (Å²) in [7, 11) is 0. The van der Waals surface area contributed by atoms with Crippen LogP contribution in [0.15, 0.2) is 40.9 Å². The molecular formula is C16H22N2O. The Morgan fingerprint density at radius 1 is 1.21 bits per heavy atom. The van der Waals surface area contributed by atoms with Crippen LogP contribution in [0, 0.1) is 5.92 Å². The summed E-state index contributed by atoms with van der Waals surface area (Å²) in [5.74, 6) is 2.22. The van der Waals surface area contributed by atoms with Crippen LogP contribution in [0.2, 0.25) is 0 Å². The van der Waals surface area contributed by atoms with Crippen LogP contribution in [-0.4, -0.2) is 4.98 Å². The highest BCUT2D eigenvalue weighted by Gasteiger charge is 2.15. The van der Waals surface area contributed by atoms with Crippen molar-refractivity contribution in [2.24, 2.45) is 5.92 Å². The van der Waals surface area contributed by atoms with E-state index in [9.17, 15) is 0 Å². The number of nitrogens with one attached hydrogen (secondary N) is 1. The van der Waals surface area contributed by atoms with Gasteiger partial charge in [-0.05, 0) is 11.5 Å². The summed E-state index contributed by atoms with van der Waals surface area (Å²) in [4.78, 5) is 4.28. The molecule has 0 fully saturated rings. The lowest BCUT2D eigenvalue weighted by molar-refractivity contribution is 0.371. The van der Waals surface area contributed by atoms with Crippen LogP contribution in [0.4, 0.5) is 0 Å². The molecule has 3 nitrogen and oxygen atoms in total. The van der Waals surface area contributed by atoms with E-state index in [4.69, 9.17) is 4.42 Å². The highest BCUT2D eigenvalue weighted by Crippen LogP contribution is 2.21. The van der Waals surface area contributed by atoms with Crippen LogP contribution in [0.5, 0.6) is 0 Å². The Balaban J connectivity index is 2.02. The Kier molecular flexibility index (Phi) is 4.74. The average Bonchev–Trinajstić information content (AvgIpc) is 2.88. The van der Waals surface area contributed by atoms with Crippen molar-refractivity contribution in [3.63, 3.8) is 0 Å². The fraction of sp³-hybridized carbons (Fsp3) is 0.438. The van der Waals surface area contributed by atoms with Gasteiger partial charge >= 0.3 is 0 Å². The van der Waals surface area contributed by atoms with Gasteiger partial charge < -0.3 is 9.73 Å². The molecule has 1 aromatic carbocycles. The number of aromatic nitrogens is 1. The first-order valence-corrected chi connectivity index (χ1v) is 6.92. The minimum Gasteiger partial charge on any atom is -0.444 e. The summed E-state index contributed by atoms with van der Waals surface area (Å²) in [6.07, 6.45) is 2.70.